The van der Waals surface area contributed by atoms with E-state index in [-0.39, 0.29) is 78.3 Å². The molecule has 14 nitrogen and oxygen atoms in total. The van der Waals surface area contributed by atoms with Gasteiger partial charge in [0.05, 0.1) is 30.5 Å². The van der Waals surface area contributed by atoms with E-state index in [1.165, 1.54) is 4.90 Å². The zero-order valence-electron chi connectivity index (χ0n) is 57.9. The lowest BCUT2D eigenvalue weighted by Gasteiger charge is -2.44. The van der Waals surface area contributed by atoms with Crippen molar-refractivity contribution in [3.63, 3.8) is 0 Å². The van der Waals surface area contributed by atoms with Gasteiger partial charge in [0.25, 0.3) is 11.7 Å². The van der Waals surface area contributed by atoms with Gasteiger partial charge >= 0.3 is 5.97 Å². The molecule has 0 spiro atoms. The van der Waals surface area contributed by atoms with Crippen molar-refractivity contribution in [2.75, 3.05) is 27.9 Å². The van der Waals surface area contributed by atoms with Gasteiger partial charge in [-0.3, -0.25) is 19.2 Å². The maximum absolute atomic E-state index is 14.9. The molecule has 1 N–H and O–H groups in total. The molecule has 0 aromatic rings. The van der Waals surface area contributed by atoms with Crippen LogP contribution in [0.15, 0.2) is 47.6 Å². The number of esters is 1. The van der Waals surface area contributed by atoms with Crippen LogP contribution in [0, 0.1) is 35.5 Å². The number of methoxy groups -OCH3 is 3. The number of hydrogen-bond acceptors (Lipinski definition) is 13. The van der Waals surface area contributed by atoms with Crippen molar-refractivity contribution >= 4 is 54.2 Å². The Balaban J connectivity index is 2.20. The molecule has 0 bridgehead atoms. The van der Waals surface area contributed by atoms with Gasteiger partial charge in [-0.05, 0) is 161 Å². The average Bonchev–Trinajstić information content (AvgIpc) is 2.17. The molecule has 0 aromatic carbocycles. The Hall–Kier alpha value is -2.72. The van der Waals surface area contributed by atoms with Gasteiger partial charge in [-0.25, -0.2) is 4.79 Å². The van der Waals surface area contributed by atoms with Crippen LogP contribution in [-0.2, 0) is 56.2 Å². The summed E-state index contributed by atoms with van der Waals surface area (Å²) in [5, 5.41) is 12.5. The van der Waals surface area contributed by atoms with E-state index in [0.717, 1.165) is 66.7 Å². The van der Waals surface area contributed by atoms with E-state index in [1.54, 1.807) is 28.3 Å². The summed E-state index contributed by atoms with van der Waals surface area (Å²) in [5.74, 6) is -5.13. The van der Waals surface area contributed by atoms with Crippen LogP contribution in [0.2, 0.25) is 54.4 Å². The number of ether oxygens (including phenoxy) is 4. The van der Waals surface area contributed by atoms with Gasteiger partial charge in [-0.2, -0.15) is 0 Å². The molecule has 3 rings (SSSR count). The Morgan fingerprint density at radius 2 is 1.29 bits per heavy atom. The molecule has 1 amide bonds. The van der Waals surface area contributed by atoms with Crippen LogP contribution < -0.4 is 0 Å². The molecule has 17 heteroatoms. The third-order valence-corrected chi connectivity index (χ3v) is 34.7. The van der Waals surface area contributed by atoms with Crippen LogP contribution in [0.4, 0.5) is 0 Å². The minimum atomic E-state index is -2.35. The van der Waals surface area contributed by atoms with Crippen LogP contribution in [0.25, 0.3) is 0 Å². The smallest absolute Gasteiger partial charge is 0.329 e. The number of aliphatic hydroxyl groups excluding tert-OH is 1. The quantitative estimate of drug-likeness (QED) is 0.0595. The van der Waals surface area contributed by atoms with E-state index in [0.29, 0.717) is 44.9 Å². The van der Waals surface area contributed by atoms with E-state index in [9.17, 15) is 29.1 Å². The van der Waals surface area contributed by atoms with Crippen molar-refractivity contribution in [3.05, 3.63) is 47.6 Å². The van der Waals surface area contributed by atoms with Crippen LogP contribution >= 0.6 is 0 Å². The van der Waals surface area contributed by atoms with Crippen LogP contribution in [0.3, 0.4) is 0 Å². The second kappa shape index (κ2) is 36.4. The fraction of sp³-hybridized carbons (Fsp3) is 0.812. The monoisotopic (exact) mass is 1260 g/mol. The fourth-order valence-corrected chi connectivity index (χ4v) is 20.3. The lowest BCUT2D eigenvalue weighted by molar-refractivity contribution is -0.167. The average molecular weight is 1260 g/mol. The summed E-state index contributed by atoms with van der Waals surface area (Å²) in [4.78, 5) is 73.7. The number of nitrogens with zero attached hydrogens (tertiary/aromatic N) is 1. The van der Waals surface area contributed by atoms with Crippen molar-refractivity contribution in [1.29, 1.82) is 0 Å². The number of rotatable bonds is 18. The first-order chi connectivity index (χ1) is 40.4. The lowest BCUT2D eigenvalue weighted by Crippen LogP contribution is -2.53. The van der Waals surface area contributed by atoms with Crippen LogP contribution in [0.1, 0.15) is 188 Å². The molecule has 0 unspecified atom stereocenters. The predicted octanol–water partition coefficient (Wildman–Crippen LogP) is 14.9. The van der Waals surface area contributed by atoms with Gasteiger partial charge in [-0.1, -0.05) is 133 Å². The van der Waals surface area contributed by atoms with Gasteiger partial charge in [-0.15, -0.1) is 0 Å². The van der Waals surface area contributed by atoms with E-state index in [2.05, 4.69) is 95.3 Å². The number of allylic oxidation sites excluding steroid dienone is 5. The largest absolute Gasteiger partial charge is 0.460 e. The Morgan fingerprint density at radius 3 is 1.86 bits per heavy atom. The summed E-state index contributed by atoms with van der Waals surface area (Å²) in [7, 11) is -1.57. The first-order valence-corrected chi connectivity index (χ1v) is 41.5. The van der Waals surface area contributed by atoms with Gasteiger partial charge in [0.15, 0.2) is 30.7 Å². The van der Waals surface area contributed by atoms with Crippen LogP contribution in [0.5, 0.6) is 0 Å². The fourth-order valence-electron chi connectivity index (χ4n) is 13.2. The Morgan fingerprint density at radius 1 is 0.674 bits per heavy atom. The van der Waals surface area contributed by atoms with E-state index in [4.69, 9.17) is 32.2 Å². The number of ketones is 3. The summed E-state index contributed by atoms with van der Waals surface area (Å²) < 4.78 is 46.4. The summed E-state index contributed by atoms with van der Waals surface area (Å²) in [5.41, 5.74) is 1.80. The molecule has 2 aliphatic heterocycles. The third kappa shape index (κ3) is 22.0. The number of cyclic esters (lactones) is 1. The predicted molar refractivity (Wildman–Crippen MR) is 356 cm³/mol. The summed E-state index contributed by atoms with van der Waals surface area (Å²) in [6.45, 7) is 38.3. The Bertz CT molecular complexity index is 2230. The topological polar surface area (TPSA) is 173 Å². The molecule has 494 valence electrons. The highest BCUT2D eigenvalue weighted by molar-refractivity contribution is 6.74. The van der Waals surface area contributed by atoms with Crippen LogP contribution in [-0.4, -0.2) is 147 Å². The van der Waals surface area contributed by atoms with Crippen molar-refractivity contribution < 1.29 is 61.3 Å². The molecular weight excluding hydrogens is 1140 g/mol. The molecular formula is C69H123NO13Si3. The number of piperidine rings is 1. The second-order valence-electron chi connectivity index (χ2n) is 27.9. The van der Waals surface area contributed by atoms with E-state index < -0.39 is 90.7 Å². The zero-order chi connectivity index (χ0) is 64.9. The zero-order valence-corrected chi connectivity index (χ0v) is 60.9. The number of fused-ring (bicyclic) bond motifs is 1. The molecule has 1 saturated carbocycles. The maximum atomic E-state index is 14.9. The Labute approximate surface area is 525 Å². The number of carbonyl (C=O) groups excluding carboxylic acids is 5. The molecule has 15 atom stereocenters. The number of amides is 1. The molecule has 3 aliphatic rings. The number of aliphatic hydroxyl groups is 1. The molecule has 2 heterocycles. The highest BCUT2D eigenvalue weighted by Crippen LogP contribution is 2.42. The molecule has 86 heavy (non-hydrogen) atoms. The first kappa shape index (κ1) is 77.5. The molecule has 1 saturated heterocycles. The van der Waals surface area contributed by atoms with E-state index in [1.807, 2.05) is 58.1 Å². The third-order valence-electron chi connectivity index (χ3n) is 20.9. The van der Waals surface area contributed by atoms with Crippen molar-refractivity contribution in [1.82, 2.24) is 4.90 Å². The molecule has 0 radical (unpaired) electrons. The van der Waals surface area contributed by atoms with Gasteiger partial charge < -0.3 is 42.2 Å². The number of carbonyl (C=O) groups is 5. The van der Waals surface area contributed by atoms with Crippen molar-refractivity contribution in [3.8, 4) is 0 Å². The van der Waals surface area contributed by atoms with Gasteiger partial charge in [0.2, 0.25) is 5.78 Å². The van der Waals surface area contributed by atoms with Gasteiger partial charge in [0, 0.05) is 64.6 Å². The minimum Gasteiger partial charge on any atom is -0.460 e. The highest BCUT2D eigenvalue weighted by atomic mass is 28.4. The lowest BCUT2D eigenvalue weighted by atomic mass is 9.78. The molecule has 2 fully saturated rings. The summed E-state index contributed by atoms with van der Waals surface area (Å²) in [6.07, 6.45) is 14.8. The minimum absolute atomic E-state index is 0.0297. The van der Waals surface area contributed by atoms with Crippen molar-refractivity contribution in [2.24, 2.45) is 35.5 Å². The number of hydrogen-bond donors (Lipinski definition) is 1. The SMILES string of the molecule is CC[Si](CC)(CC)O[C@H]1CC[C@@H](C)C(=O)C(=O)C(=O)N2CCCC[C@H]2C(=O)O[C@H]([C@H](C)C[C@@H]2CC[C@@H](O[Si](C)(C)C(C)(C)C)[C@H](OC)C2)C[C@@H](O)[C@H](C)/C=C(\C)[C@@H](O[Si](CC)(CC)CC)[C@@H](OC)C(=O)[C@H](C)C[C@H](C)/C=C/C=C/C=C(\C)[C@@H](OC)C1. The highest BCUT2D eigenvalue weighted by Gasteiger charge is 2.46. The standard InChI is InChI=1S/C69H123NO13Si3/c1-22-85(23-2,24-3)81-55-38-36-49(9)62(72)64(74)67(75)70-40-32-31-35-56(70)68(76)80-60(51(11)43-54-37-39-58(61(44-54)78-18)82-84(20,21)69(14,15)16)46-57(71)50(10)42-53(13)65(83-86(25-4,26-5)27-6)66(79-19)63(73)52(12)41-47(7)33-29-28-30-34-48(8)59(45-55)77-17/h28-30,33-34,42,47,49-52,54-61,65-66,71H,22-27,31-32,35-41,43-46H2,1-21H3/b30-28+,33-29+,48-34+,53-42+/t47-,49-,50-,51-,52-,54+,55+,56+,57-,58-,59+,60+,61-,65-,66+/m1/s1. The number of Topliss-reactive ketones (excluding diaryl/α,β-unsaturated/α-hetero) is 3. The van der Waals surface area contributed by atoms with Crippen molar-refractivity contribution in [2.45, 2.75) is 297 Å². The summed E-state index contributed by atoms with van der Waals surface area (Å²) in [6, 6.07) is 4.30. The molecule has 0 aromatic heterocycles. The summed E-state index contributed by atoms with van der Waals surface area (Å²) >= 11 is 0. The van der Waals surface area contributed by atoms with Gasteiger partial charge in [0.1, 0.15) is 18.2 Å². The second-order valence-corrected chi connectivity index (χ2v) is 42.1. The first-order valence-electron chi connectivity index (χ1n) is 33.5. The Kier molecular flexibility index (Phi) is 32.8. The molecule has 1 aliphatic carbocycles. The van der Waals surface area contributed by atoms with E-state index >= 15 is 0 Å². The normalized spacial score (nSPS) is 33.1. The maximum Gasteiger partial charge on any atom is 0.329 e.